The molecule has 0 bridgehead atoms. The Labute approximate surface area is 140 Å². The minimum atomic E-state index is -0.195. The molecular weight excluding hydrogens is 312 g/mol. The molecule has 1 amide bonds. The summed E-state index contributed by atoms with van der Waals surface area (Å²) in [6.45, 7) is 2.27. The molecule has 7 heteroatoms. The monoisotopic (exact) mass is 334 g/mol. The third kappa shape index (κ3) is 5.63. The molecule has 1 heterocycles. The molecular formula is C16H22N4O2S. The van der Waals surface area contributed by atoms with Gasteiger partial charge in [0, 0.05) is 25.0 Å². The molecule has 1 aromatic heterocycles. The Bertz CT molecular complexity index is 643. The average molecular weight is 334 g/mol. The first-order valence-corrected chi connectivity index (χ1v) is 8.25. The van der Waals surface area contributed by atoms with E-state index in [9.17, 15) is 4.79 Å². The summed E-state index contributed by atoms with van der Waals surface area (Å²) in [6.07, 6.45) is 0. The summed E-state index contributed by atoms with van der Waals surface area (Å²) in [5.41, 5.74) is 6.90. The number of nitrogens with zero attached hydrogens (tertiary/aromatic N) is 2. The van der Waals surface area contributed by atoms with Crippen molar-refractivity contribution in [2.45, 2.75) is 13.1 Å². The van der Waals surface area contributed by atoms with Crippen LogP contribution in [-0.4, -0.2) is 43.0 Å². The number of thiazole rings is 1. The second-order valence-corrected chi connectivity index (χ2v) is 6.26. The minimum absolute atomic E-state index is 0.195. The molecule has 0 atom stereocenters. The summed E-state index contributed by atoms with van der Waals surface area (Å²) in [7, 11) is 4.01. The maximum atomic E-state index is 12.0. The highest BCUT2D eigenvalue weighted by Gasteiger charge is 2.09. The zero-order valence-corrected chi connectivity index (χ0v) is 14.2. The van der Waals surface area contributed by atoms with Crippen LogP contribution in [0.4, 0.5) is 0 Å². The van der Waals surface area contributed by atoms with Crippen LogP contribution in [-0.2, 0) is 13.1 Å². The second kappa shape index (κ2) is 8.61. The lowest BCUT2D eigenvalue weighted by atomic mass is 10.2. The molecule has 0 radical (unpaired) electrons. The van der Waals surface area contributed by atoms with Crippen LogP contribution in [0.3, 0.4) is 0 Å². The van der Waals surface area contributed by atoms with E-state index in [0.717, 1.165) is 22.9 Å². The van der Waals surface area contributed by atoms with E-state index in [1.54, 1.807) is 5.38 Å². The quantitative estimate of drug-likeness (QED) is 0.764. The Kier molecular flexibility index (Phi) is 6.52. The Balaban J connectivity index is 1.86. The van der Waals surface area contributed by atoms with Gasteiger partial charge < -0.3 is 20.7 Å². The Morgan fingerprint density at radius 2 is 2.26 bits per heavy atom. The summed E-state index contributed by atoms with van der Waals surface area (Å²) >= 11 is 1.39. The van der Waals surface area contributed by atoms with Gasteiger partial charge in [-0.25, -0.2) is 4.98 Å². The fraction of sp³-hybridized carbons (Fsp3) is 0.375. The molecule has 0 aliphatic carbocycles. The van der Waals surface area contributed by atoms with Crippen LogP contribution in [0.1, 0.15) is 21.1 Å². The summed E-state index contributed by atoms with van der Waals surface area (Å²) in [5.74, 6) is 0.609. The number of aromatic nitrogens is 1. The van der Waals surface area contributed by atoms with Crippen LogP contribution in [0.5, 0.6) is 5.75 Å². The smallest absolute Gasteiger partial charge is 0.271 e. The predicted molar refractivity (Wildman–Crippen MR) is 91.7 cm³/mol. The van der Waals surface area contributed by atoms with E-state index in [4.69, 9.17) is 10.5 Å². The largest absolute Gasteiger partial charge is 0.492 e. The van der Waals surface area contributed by atoms with Crippen LogP contribution in [0, 0.1) is 0 Å². The van der Waals surface area contributed by atoms with Crippen LogP contribution in [0.25, 0.3) is 0 Å². The van der Waals surface area contributed by atoms with Crippen molar-refractivity contribution in [2.75, 3.05) is 27.2 Å². The number of ether oxygens (including phenoxy) is 1. The van der Waals surface area contributed by atoms with E-state index in [1.165, 1.54) is 11.3 Å². The minimum Gasteiger partial charge on any atom is -0.492 e. The van der Waals surface area contributed by atoms with E-state index in [1.807, 2.05) is 38.4 Å². The van der Waals surface area contributed by atoms with Gasteiger partial charge in [0.1, 0.15) is 23.1 Å². The number of likely N-dealkylation sites (N-methyl/N-ethyl adjacent to an activating group) is 1. The Morgan fingerprint density at radius 3 is 2.96 bits per heavy atom. The number of benzene rings is 1. The summed E-state index contributed by atoms with van der Waals surface area (Å²) in [4.78, 5) is 18.3. The number of nitrogens with one attached hydrogen (secondary N) is 1. The fourth-order valence-corrected chi connectivity index (χ4v) is 2.53. The van der Waals surface area contributed by atoms with Gasteiger partial charge in [-0.15, -0.1) is 11.3 Å². The first-order chi connectivity index (χ1) is 11.1. The number of hydrogen-bond donors (Lipinski definition) is 2. The van der Waals surface area contributed by atoms with E-state index in [0.29, 0.717) is 25.4 Å². The van der Waals surface area contributed by atoms with E-state index in [-0.39, 0.29) is 5.91 Å². The lowest BCUT2D eigenvalue weighted by molar-refractivity contribution is 0.0946. The predicted octanol–water partition coefficient (Wildman–Crippen LogP) is 1.47. The van der Waals surface area contributed by atoms with Gasteiger partial charge in [-0.3, -0.25) is 4.79 Å². The number of carbonyl (C=O) groups excluding carboxylic acids is 1. The van der Waals surface area contributed by atoms with Gasteiger partial charge in [-0.05, 0) is 31.8 Å². The zero-order valence-electron chi connectivity index (χ0n) is 13.4. The number of amides is 1. The molecule has 0 spiro atoms. The lowest BCUT2D eigenvalue weighted by Gasteiger charge is -2.12. The molecule has 2 aromatic rings. The first-order valence-electron chi connectivity index (χ1n) is 7.37. The van der Waals surface area contributed by atoms with Gasteiger partial charge in [-0.2, -0.15) is 0 Å². The SMILES string of the molecule is CN(C)CCOc1cccc(CNC(=O)c2csc(CN)n2)c1. The number of nitrogens with two attached hydrogens (primary N) is 1. The lowest BCUT2D eigenvalue weighted by Crippen LogP contribution is -2.23. The average Bonchev–Trinajstić information content (AvgIpc) is 3.02. The van der Waals surface area contributed by atoms with Crippen molar-refractivity contribution in [3.63, 3.8) is 0 Å². The fourth-order valence-electron chi connectivity index (χ4n) is 1.87. The van der Waals surface area contributed by atoms with E-state index >= 15 is 0 Å². The van der Waals surface area contributed by atoms with Gasteiger partial charge >= 0.3 is 0 Å². The zero-order chi connectivity index (χ0) is 16.7. The molecule has 0 aliphatic heterocycles. The maximum absolute atomic E-state index is 12.0. The number of hydrogen-bond acceptors (Lipinski definition) is 6. The van der Waals surface area contributed by atoms with Crippen molar-refractivity contribution < 1.29 is 9.53 Å². The molecule has 3 N–H and O–H groups in total. The van der Waals surface area contributed by atoms with Crippen molar-refractivity contribution in [2.24, 2.45) is 5.73 Å². The van der Waals surface area contributed by atoms with Crippen LogP contribution in [0.15, 0.2) is 29.6 Å². The standard InChI is InChI=1S/C16H22N4O2S/c1-20(2)6-7-22-13-5-3-4-12(8-13)10-18-16(21)14-11-23-15(9-17)19-14/h3-5,8,11H,6-7,9-10,17H2,1-2H3,(H,18,21). The molecule has 0 saturated heterocycles. The highest BCUT2D eigenvalue weighted by atomic mass is 32.1. The van der Waals surface area contributed by atoms with Gasteiger partial charge in [0.2, 0.25) is 0 Å². The van der Waals surface area contributed by atoms with Crippen molar-refractivity contribution in [3.05, 3.63) is 45.9 Å². The summed E-state index contributed by atoms with van der Waals surface area (Å²) in [5, 5.41) is 5.33. The number of rotatable bonds is 8. The molecule has 0 aliphatic rings. The first kappa shape index (κ1) is 17.4. The van der Waals surface area contributed by atoms with Gasteiger partial charge in [0.25, 0.3) is 5.91 Å². The molecule has 1 aromatic carbocycles. The van der Waals surface area contributed by atoms with Crippen molar-refractivity contribution in [1.29, 1.82) is 0 Å². The molecule has 2 rings (SSSR count). The highest BCUT2D eigenvalue weighted by molar-refractivity contribution is 7.09. The Hall–Kier alpha value is -1.96. The normalized spacial score (nSPS) is 10.8. The molecule has 0 fully saturated rings. The molecule has 6 nitrogen and oxygen atoms in total. The maximum Gasteiger partial charge on any atom is 0.271 e. The van der Waals surface area contributed by atoms with Crippen molar-refractivity contribution in [3.8, 4) is 5.75 Å². The van der Waals surface area contributed by atoms with Gasteiger partial charge in [-0.1, -0.05) is 12.1 Å². The molecule has 0 saturated carbocycles. The van der Waals surface area contributed by atoms with Crippen molar-refractivity contribution >= 4 is 17.2 Å². The molecule has 23 heavy (non-hydrogen) atoms. The molecule has 0 unspecified atom stereocenters. The second-order valence-electron chi connectivity index (χ2n) is 5.31. The van der Waals surface area contributed by atoms with Gasteiger partial charge in [0.15, 0.2) is 0 Å². The van der Waals surface area contributed by atoms with Crippen LogP contribution < -0.4 is 15.8 Å². The highest BCUT2D eigenvalue weighted by Crippen LogP contribution is 2.14. The van der Waals surface area contributed by atoms with Crippen LogP contribution >= 0.6 is 11.3 Å². The summed E-state index contributed by atoms with van der Waals surface area (Å²) < 4.78 is 5.69. The van der Waals surface area contributed by atoms with Crippen molar-refractivity contribution in [1.82, 2.24) is 15.2 Å². The third-order valence-electron chi connectivity index (χ3n) is 3.12. The van der Waals surface area contributed by atoms with E-state index < -0.39 is 0 Å². The molecule has 124 valence electrons. The van der Waals surface area contributed by atoms with Crippen LogP contribution in [0.2, 0.25) is 0 Å². The topological polar surface area (TPSA) is 80.5 Å². The summed E-state index contributed by atoms with van der Waals surface area (Å²) in [6, 6.07) is 7.71. The van der Waals surface area contributed by atoms with Gasteiger partial charge in [0.05, 0.1) is 0 Å². The van der Waals surface area contributed by atoms with E-state index in [2.05, 4.69) is 15.2 Å². The third-order valence-corrected chi connectivity index (χ3v) is 3.99. The number of carbonyl (C=O) groups is 1. The Morgan fingerprint density at radius 1 is 1.43 bits per heavy atom.